The number of benzene rings is 2. The SMILES string of the molecule is COC(=O)c1ccccc1N(C)C(=O)c1cccc(S(=O)(=O)N(C)C)c1. The third-order valence-electron chi connectivity index (χ3n) is 3.83. The molecule has 0 aliphatic carbocycles. The highest BCUT2D eigenvalue weighted by Gasteiger charge is 2.22. The summed E-state index contributed by atoms with van der Waals surface area (Å²) < 4.78 is 30.4. The minimum Gasteiger partial charge on any atom is -0.465 e. The number of nitrogens with zero attached hydrogens (tertiary/aromatic N) is 2. The Hall–Kier alpha value is -2.71. The lowest BCUT2D eigenvalue weighted by Gasteiger charge is -2.20. The van der Waals surface area contributed by atoms with Gasteiger partial charge in [0.05, 0.1) is 23.3 Å². The van der Waals surface area contributed by atoms with Gasteiger partial charge in [0.15, 0.2) is 0 Å². The van der Waals surface area contributed by atoms with Crippen molar-refractivity contribution in [1.29, 1.82) is 0 Å². The molecule has 0 heterocycles. The maximum Gasteiger partial charge on any atom is 0.339 e. The van der Waals surface area contributed by atoms with Gasteiger partial charge in [-0.25, -0.2) is 17.5 Å². The van der Waals surface area contributed by atoms with Crippen LogP contribution in [0, 0.1) is 0 Å². The first kappa shape index (κ1) is 19.6. The van der Waals surface area contributed by atoms with E-state index in [0.29, 0.717) is 5.69 Å². The number of carbonyl (C=O) groups is 2. The zero-order valence-corrected chi connectivity index (χ0v) is 15.8. The molecule has 0 spiro atoms. The van der Waals surface area contributed by atoms with E-state index < -0.39 is 21.9 Å². The summed E-state index contributed by atoms with van der Waals surface area (Å²) in [7, 11) is 1.95. The van der Waals surface area contributed by atoms with E-state index in [-0.39, 0.29) is 16.0 Å². The second-order valence-corrected chi connectivity index (χ2v) is 7.84. The summed E-state index contributed by atoms with van der Waals surface area (Å²) in [6.45, 7) is 0. The van der Waals surface area contributed by atoms with E-state index in [0.717, 1.165) is 4.31 Å². The Kier molecular flexibility index (Phi) is 5.79. The van der Waals surface area contributed by atoms with Crippen molar-refractivity contribution in [2.75, 3.05) is 33.2 Å². The van der Waals surface area contributed by atoms with Gasteiger partial charge in [0.25, 0.3) is 5.91 Å². The monoisotopic (exact) mass is 376 g/mol. The second kappa shape index (κ2) is 7.67. The van der Waals surface area contributed by atoms with E-state index in [1.165, 1.54) is 57.4 Å². The van der Waals surface area contributed by atoms with Crippen LogP contribution in [0.1, 0.15) is 20.7 Å². The van der Waals surface area contributed by atoms with Crippen molar-refractivity contribution in [1.82, 2.24) is 4.31 Å². The lowest BCUT2D eigenvalue weighted by Crippen LogP contribution is -2.28. The molecule has 0 aliphatic rings. The molecule has 0 fully saturated rings. The van der Waals surface area contributed by atoms with E-state index in [4.69, 9.17) is 4.74 Å². The molecule has 0 aliphatic heterocycles. The number of carbonyl (C=O) groups excluding carboxylic acids is 2. The summed E-state index contributed by atoms with van der Waals surface area (Å²) in [5.74, 6) is -1.01. The van der Waals surface area contributed by atoms with Crippen molar-refractivity contribution in [3.05, 3.63) is 59.7 Å². The van der Waals surface area contributed by atoms with Gasteiger partial charge < -0.3 is 9.64 Å². The standard InChI is InChI=1S/C18H20N2O5S/c1-19(2)26(23,24)14-9-7-8-13(12-14)17(21)20(3)16-11-6-5-10-15(16)18(22)25-4/h5-12H,1-4H3. The smallest absolute Gasteiger partial charge is 0.339 e. The van der Waals surface area contributed by atoms with Crippen LogP contribution in [0.5, 0.6) is 0 Å². The van der Waals surface area contributed by atoms with Gasteiger partial charge in [0, 0.05) is 26.7 Å². The Balaban J connectivity index is 2.44. The lowest BCUT2D eigenvalue weighted by molar-refractivity contribution is 0.0601. The summed E-state index contributed by atoms with van der Waals surface area (Å²) in [5.41, 5.74) is 0.795. The van der Waals surface area contributed by atoms with Crippen molar-refractivity contribution in [2.45, 2.75) is 4.90 Å². The lowest BCUT2D eigenvalue weighted by atomic mass is 10.1. The largest absolute Gasteiger partial charge is 0.465 e. The van der Waals surface area contributed by atoms with Crippen LogP contribution < -0.4 is 4.90 Å². The Morgan fingerprint density at radius 2 is 1.62 bits per heavy atom. The van der Waals surface area contributed by atoms with Gasteiger partial charge in [-0.2, -0.15) is 0 Å². The highest BCUT2D eigenvalue weighted by Crippen LogP contribution is 2.23. The molecule has 0 N–H and O–H groups in total. The Morgan fingerprint density at radius 1 is 0.962 bits per heavy atom. The van der Waals surface area contributed by atoms with Crippen LogP contribution in [-0.2, 0) is 14.8 Å². The molecule has 0 radical (unpaired) electrons. The molecular formula is C18H20N2O5S. The summed E-state index contributed by atoms with van der Waals surface area (Å²) in [5, 5.41) is 0. The number of esters is 1. The van der Waals surface area contributed by atoms with Crippen LogP contribution in [-0.4, -0.2) is 52.9 Å². The van der Waals surface area contributed by atoms with E-state index in [1.54, 1.807) is 24.3 Å². The number of anilines is 1. The van der Waals surface area contributed by atoms with Crippen LogP contribution in [0.3, 0.4) is 0 Å². The number of amides is 1. The molecule has 7 nitrogen and oxygen atoms in total. The van der Waals surface area contributed by atoms with Gasteiger partial charge in [0.1, 0.15) is 0 Å². The summed E-state index contributed by atoms with van der Waals surface area (Å²) in [4.78, 5) is 26.0. The average Bonchev–Trinajstić information content (AvgIpc) is 2.66. The number of para-hydroxylation sites is 1. The van der Waals surface area contributed by atoms with E-state index >= 15 is 0 Å². The molecule has 2 rings (SSSR count). The fourth-order valence-electron chi connectivity index (χ4n) is 2.35. The molecule has 0 unspecified atom stereocenters. The first-order valence-corrected chi connectivity index (χ1v) is 9.12. The summed E-state index contributed by atoms with van der Waals surface area (Å²) in [6.07, 6.45) is 0. The molecule has 26 heavy (non-hydrogen) atoms. The van der Waals surface area contributed by atoms with Crippen LogP contribution in [0.2, 0.25) is 0 Å². The van der Waals surface area contributed by atoms with E-state index in [1.807, 2.05) is 0 Å². The summed E-state index contributed by atoms with van der Waals surface area (Å²) in [6, 6.07) is 12.3. The van der Waals surface area contributed by atoms with Gasteiger partial charge in [-0.3, -0.25) is 4.79 Å². The number of hydrogen-bond acceptors (Lipinski definition) is 5. The van der Waals surface area contributed by atoms with Crippen LogP contribution in [0.25, 0.3) is 0 Å². The molecule has 0 bridgehead atoms. The normalized spacial score (nSPS) is 11.3. The highest BCUT2D eigenvalue weighted by molar-refractivity contribution is 7.89. The number of ether oxygens (including phenoxy) is 1. The minimum atomic E-state index is -3.66. The highest BCUT2D eigenvalue weighted by atomic mass is 32.2. The molecule has 0 atom stereocenters. The van der Waals surface area contributed by atoms with Crippen LogP contribution >= 0.6 is 0 Å². The number of rotatable bonds is 5. The molecule has 0 saturated carbocycles. The van der Waals surface area contributed by atoms with Gasteiger partial charge in [-0.1, -0.05) is 18.2 Å². The zero-order chi connectivity index (χ0) is 19.5. The predicted octanol–water partition coefficient (Wildman–Crippen LogP) is 2.00. The number of hydrogen-bond donors (Lipinski definition) is 0. The Labute approximate surface area is 152 Å². The molecule has 0 aromatic heterocycles. The molecular weight excluding hydrogens is 356 g/mol. The molecule has 1 amide bonds. The van der Waals surface area contributed by atoms with Gasteiger partial charge >= 0.3 is 5.97 Å². The van der Waals surface area contributed by atoms with Crippen LogP contribution in [0.15, 0.2) is 53.4 Å². The van der Waals surface area contributed by atoms with Crippen molar-refractivity contribution >= 4 is 27.6 Å². The number of methoxy groups -OCH3 is 1. The Bertz CT molecular complexity index is 938. The first-order valence-electron chi connectivity index (χ1n) is 7.68. The fraction of sp³-hybridized carbons (Fsp3) is 0.222. The maximum atomic E-state index is 12.8. The molecule has 8 heteroatoms. The first-order chi connectivity index (χ1) is 12.2. The van der Waals surface area contributed by atoms with Gasteiger partial charge in [-0.05, 0) is 30.3 Å². The third kappa shape index (κ3) is 3.76. The fourth-order valence-corrected chi connectivity index (χ4v) is 3.30. The maximum absolute atomic E-state index is 12.8. The van der Waals surface area contributed by atoms with E-state index in [9.17, 15) is 18.0 Å². The third-order valence-corrected chi connectivity index (χ3v) is 5.65. The molecule has 2 aromatic carbocycles. The Morgan fingerprint density at radius 3 is 2.23 bits per heavy atom. The van der Waals surface area contributed by atoms with Crippen molar-refractivity contribution in [2.24, 2.45) is 0 Å². The van der Waals surface area contributed by atoms with E-state index in [2.05, 4.69) is 0 Å². The zero-order valence-electron chi connectivity index (χ0n) is 15.0. The van der Waals surface area contributed by atoms with Crippen molar-refractivity contribution < 1.29 is 22.7 Å². The summed E-state index contributed by atoms with van der Waals surface area (Å²) >= 11 is 0. The molecule has 0 saturated heterocycles. The second-order valence-electron chi connectivity index (χ2n) is 5.69. The average molecular weight is 376 g/mol. The topological polar surface area (TPSA) is 84.0 Å². The van der Waals surface area contributed by atoms with Crippen molar-refractivity contribution in [3.63, 3.8) is 0 Å². The van der Waals surface area contributed by atoms with Crippen molar-refractivity contribution in [3.8, 4) is 0 Å². The van der Waals surface area contributed by atoms with Gasteiger partial charge in [0.2, 0.25) is 10.0 Å². The molecule has 2 aromatic rings. The quantitative estimate of drug-likeness (QED) is 0.745. The van der Waals surface area contributed by atoms with Gasteiger partial charge in [-0.15, -0.1) is 0 Å². The minimum absolute atomic E-state index is 0.0167. The number of sulfonamides is 1. The predicted molar refractivity (Wildman–Crippen MR) is 97.8 cm³/mol. The molecule has 138 valence electrons. The van der Waals surface area contributed by atoms with Crippen LogP contribution in [0.4, 0.5) is 5.69 Å².